The van der Waals surface area contributed by atoms with Crippen LogP contribution in [0, 0.1) is 11.8 Å². The van der Waals surface area contributed by atoms with Crippen molar-refractivity contribution < 1.29 is 109 Å². The summed E-state index contributed by atoms with van der Waals surface area (Å²) in [6.45, 7) is 10.9. The van der Waals surface area contributed by atoms with Crippen molar-refractivity contribution in [3.05, 3.63) is 97.2 Å². The number of amides is 4. The predicted octanol–water partition coefficient (Wildman–Crippen LogP) is 6.06. The first-order chi connectivity index (χ1) is 49.2. The number of carboxylic acids is 1. The van der Waals surface area contributed by atoms with E-state index >= 15 is 0 Å². The molecule has 5 unspecified atom stereocenters. The SMILES string of the molecule is CCS(=S)COC1C[C@H](N2C=C(C#CCNC(=O)OCCCOCSSC(C)(C)CCC(=O)NCCOCCOCCCC(=O)c3ccc(C(=O)O)c(C4=c5cc6c7c(c5Oc5c4cc4c8c5CCCN8CCC4)CCC[N+]=7CCC6)c3)C(N)NC2=O)O[C@@H]1COP(=O)(O)OP(=O)(O)OP(=O)(O)O. The number of Topliss-reactive ketones (excluding diaryl/α,β-unsaturated/α-hetero) is 1. The fourth-order valence-electron chi connectivity index (χ4n) is 13.3. The highest BCUT2D eigenvalue weighted by atomic mass is 33.1. The summed E-state index contributed by atoms with van der Waals surface area (Å²) in [5.74, 6) is 6.92. The Balaban J connectivity index is 0.581. The number of rotatable bonds is 37. The summed E-state index contributed by atoms with van der Waals surface area (Å²) in [5, 5.41) is 20.9. The summed E-state index contributed by atoms with van der Waals surface area (Å²) in [6, 6.07) is 8.79. The molecule has 3 aromatic carbocycles. The average molecular weight is 1570 g/mol. The second kappa shape index (κ2) is 36.6. The van der Waals surface area contributed by atoms with E-state index in [1.807, 2.05) is 20.8 Å². The number of nitrogens with one attached hydrogen (secondary N) is 3. The second-order valence-electron chi connectivity index (χ2n) is 25.9. The van der Waals surface area contributed by atoms with Gasteiger partial charge in [-0.2, -0.15) is 8.62 Å². The van der Waals surface area contributed by atoms with Crippen LogP contribution in [0.25, 0.3) is 5.57 Å². The van der Waals surface area contributed by atoms with Gasteiger partial charge in [0.15, 0.2) is 5.78 Å². The number of nitrogens with two attached hydrogens (primary N) is 1. The van der Waals surface area contributed by atoms with Crippen LogP contribution in [0.4, 0.5) is 15.3 Å². The molecule has 37 heteroatoms. The quantitative estimate of drug-likeness (QED) is 0.00471. The van der Waals surface area contributed by atoms with E-state index in [0.29, 0.717) is 88.1 Å². The number of carbonyl (C=O) groups excluding carboxylic acids is 4. The van der Waals surface area contributed by atoms with E-state index in [1.54, 1.807) is 29.0 Å². The number of ether oxygens (including phenoxy) is 7. The van der Waals surface area contributed by atoms with E-state index in [2.05, 4.69) is 58.0 Å². The first-order valence-corrected chi connectivity index (χ1v) is 43.5. The smallest absolute Gasteiger partial charge is 0.478 e. The molecule has 10 N–H and O–H groups in total. The number of hydrogen-bond donors (Lipinski definition) is 9. The van der Waals surface area contributed by atoms with Gasteiger partial charge in [0, 0.05) is 114 Å². The van der Waals surface area contributed by atoms with E-state index in [9.17, 15) is 52.6 Å². The van der Waals surface area contributed by atoms with Gasteiger partial charge in [-0.25, -0.2) is 32.7 Å². The third kappa shape index (κ3) is 22.0. The third-order valence-corrected chi connectivity index (χ3v) is 26.8. The standard InChI is InChI=1S/C66H88N7O23P3S4/c1-4-103(100)41-91-53-37-56(93-54(53)39-92-98(83,84)96-99(85,86)95-97(80,81)82)73-38-45(62(67)70-64(73)78)12-5-22-69-65(79)90-30-11-29-89-40-101-102-66(2,3)21-20-55(75)68-23-31-88-33-32-87-28-10-17-52(74)42-18-19-46(63(76)77)49(34-42)57-50-35-43-13-6-24-71-26-8-15-47(58(43)71)60(50)94-61-48-16-9-27-72-25-7-14-44(59(48)72)36-51(57)61/h18-19,34-36,38,53-54,56,62H,4,6-11,13-17,20-33,37,39-41,67H2,1-3H3,(H7-,68,69,70,75,76,77,78,79,80,81,82,83,84,85,86)/p+1/t53?,54-,56-,62?,103?/m1/s1. The summed E-state index contributed by atoms with van der Waals surface area (Å²) in [4.78, 5) is 106. The maximum Gasteiger partial charge on any atom is 0.490 e. The van der Waals surface area contributed by atoms with Crippen molar-refractivity contribution in [1.29, 1.82) is 0 Å². The molecule has 7 atom stereocenters. The van der Waals surface area contributed by atoms with Gasteiger partial charge in [-0.1, -0.05) is 55.9 Å². The number of alkyl carbamates (subject to hydrolysis) is 1. The van der Waals surface area contributed by atoms with Crippen LogP contribution in [-0.2, 0) is 106 Å². The highest BCUT2D eigenvalue weighted by molar-refractivity contribution is 8.77. The van der Waals surface area contributed by atoms with Gasteiger partial charge < -0.3 is 84.4 Å². The van der Waals surface area contributed by atoms with E-state index in [1.165, 1.54) is 50.3 Å². The lowest BCUT2D eigenvalue weighted by Crippen LogP contribution is -2.54. The molecule has 30 nitrogen and oxygen atoms in total. The number of carboxylic acid groups (broad SMARTS) is 1. The van der Waals surface area contributed by atoms with Crippen LogP contribution in [-0.4, -0.2) is 192 Å². The van der Waals surface area contributed by atoms with E-state index in [-0.39, 0.29) is 59.5 Å². The van der Waals surface area contributed by atoms with Crippen molar-refractivity contribution in [2.24, 2.45) is 5.73 Å². The number of phosphoric ester groups is 1. The zero-order valence-corrected chi connectivity index (χ0v) is 63.4. The van der Waals surface area contributed by atoms with E-state index in [4.69, 9.17) is 64.4 Å². The lowest BCUT2D eigenvalue weighted by molar-refractivity contribution is -0.121. The molecule has 4 amide bonds. The average Bonchev–Trinajstić information content (AvgIpc) is 1.01. The molecule has 0 aliphatic carbocycles. The number of carbonyl (C=O) groups is 5. The first kappa shape index (κ1) is 80.4. The molecule has 0 saturated carbocycles. The van der Waals surface area contributed by atoms with Gasteiger partial charge in [0.25, 0.3) is 0 Å². The number of fused-ring (bicyclic) bond motifs is 4. The summed E-state index contributed by atoms with van der Waals surface area (Å²) in [5.41, 5.74) is 15.4. The summed E-state index contributed by atoms with van der Waals surface area (Å²) in [7, 11) is -14.5. The van der Waals surface area contributed by atoms with Gasteiger partial charge in [-0.3, -0.25) is 19.0 Å². The molecule has 3 aromatic rings. The maximum absolute atomic E-state index is 14.0. The number of benzene rings is 3. The fraction of sp³-hybridized carbons (Fsp3) is 0.576. The van der Waals surface area contributed by atoms with Crippen LogP contribution >= 0.6 is 45.1 Å². The minimum Gasteiger partial charge on any atom is -0.478 e. The number of hydrogen-bond acceptors (Lipinski definition) is 23. The molecule has 1 saturated heterocycles. The molecular formula is C66H89N7O23P3S4+. The molecule has 0 aromatic heterocycles. The molecule has 10 rings (SSSR count). The Morgan fingerprint density at radius 2 is 1.60 bits per heavy atom. The second-order valence-corrected chi connectivity index (χ2v) is 36.3. The Morgan fingerprint density at radius 3 is 2.37 bits per heavy atom. The molecule has 564 valence electrons. The molecule has 103 heavy (non-hydrogen) atoms. The Labute approximate surface area is 611 Å². The molecule has 0 spiro atoms. The lowest BCUT2D eigenvalue weighted by Gasteiger charge is -2.39. The molecule has 7 aliphatic rings. The van der Waals surface area contributed by atoms with Crippen molar-refractivity contribution in [3.8, 4) is 23.3 Å². The Kier molecular flexibility index (Phi) is 28.6. The topological polar surface area (TPSA) is 402 Å². The zero-order valence-electron chi connectivity index (χ0n) is 57.5. The van der Waals surface area contributed by atoms with Gasteiger partial charge >= 0.3 is 41.6 Å². The Morgan fingerprint density at radius 1 is 0.864 bits per heavy atom. The number of nitrogens with zero attached hydrogens (tertiary/aromatic N) is 3. The first-order valence-electron chi connectivity index (χ1n) is 34.2. The minimum absolute atomic E-state index is 0.0398. The molecule has 0 bridgehead atoms. The number of anilines is 1. The monoisotopic (exact) mass is 1570 g/mol. The van der Waals surface area contributed by atoms with Crippen molar-refractivity contribution in [2.45, 2.75) is 140 Å². The molecular weight excluding hydrogens is 1480 g/mol. The summed E-state index contributed by atoms with van der Waals surface area (Å²) >= 11 is 5.35. The Hall–Kier alpha value is -5.18. The number of ketones is 1. The van der Waals surface area contributed by atoms with Gasteiger partial charge in [0.05, 0.1) is 74.9 Å². The normalized spacial score (nSPS) is 20.5. The highest BCUT2D eigenvalue weighted by Gasteiger charge is 2.46. The highest BCUT2D eigenvalue weighted by Crippen LogP contribution is 2.66. The van der Waals surface area contributed by atoms with Gasteiger partial charge in [-0.05, 0) is 118 Å². The van der Waals surface area contributed by atoms with Crippen molar-refractivity contribution in [3.63, 3.8) is 0 Å². The van der Waals surface area contributed by atoms with Crippen molar-refractivity contribution in [1.82, 2.24) is 25.4 Å². The van der Waals surface area contributed by atoms with Crippen LogP contribution in [0.2, 0.25) is 0 Å². The van der Waals surface area contributed by atoms with Gasteiger partial charge in [0.2, 0.25) is 11.3 Å². The maximum atomic E-state index is 14.0. The van der Waals surface area contributed by atoms with Gasteiger partial charge in [-0.15, -0.1) is 0 Å². The summed E-state index contributed by atoms with van der Waals surface area (Å²) in [6.07, 6.45) is 6.02. The number of phosphoric acid groups is 3. The van der Waals surface area contributed by atoms with Crippen LogP contribution in [0.5, 0.6) is 11.5 Å². The molecule has 7 aliphatic heterocycles. The zero-order chi connectivity index (χ0) is 73.6. The van der Waals surface area contributed by atoms with Crippen LogP contribution in [0.1, 0.15) is 139 Å². The van der Waals surface area contributed by atoms with Crippen LogP contribution < -0.4 is 46.5 Å². The lowest BCUT2D eigenvalue weighted by atomic mass is 9.81. The van der Waals surface area contributed by atoms with Crippen LogP contribution in [0.15, 0.2) is 42.1 Å². The summed E-state index contributed by atoms with van der Waals surface area (Å²) < 4.78 is 91.4. The molecule has 0 radical (unpaired) electrons. The Bertz CT molecular complexity index is 4090. The van der Waals surface area contributed by atoms with Gasteiger partial charge in [0.1, 0.15) is 49.0 Å². The van der Waals surface area contributed by atoms with E-state index < -0.39 is 82.2 Å². The largest absolute Gasteiger partial charge is 0.490 e. The number of aromatic carboxylic acids is 1. The number of aryl methyl sites for hydroxylation is 2. The van der Waals surface area contributed by atoms with Crippen molar-refractivity contribution in [2.75, 3.05) is 108 Å². The van der Waals surface area contributed by atoms with E-state index in [0.717, 1.165) is 110 Å². The molecule has 1 fully saturated rings. The molecule has 7 heterocycles. The number of urea groups is 1. The van der Waals surface area contributed by atoms with Crippen molar-refractivity contribution >= 4 is 107 Å². The third-order valence-electron chi connectivity index (χ3n) is 17.9. The predicted molar refractivity (Wildman–Crippen MR) is 387 cm³/mol. The fourth-order valence-corrected chi connectivity index (χ4v) is 19.2. The minimum atomic E-state index is -5.79. The van der Waals surface area contributed by atoms with Crippen LogP contribution in [0.3, 0.4) is 0 Å².